The number of hydrogen-bond acceptors (Lipinski definition) is 9. The molecule has 0 fully saturated rings. The van der Waals surface area contributed by atoms with Gasteiger partial charge in [0.15, 0.2) is 0 Å². The van der Waals surface area contributed by atoms with Crippen molar-refractivity contribution in [3.05, 3.63) is 72.8 Å². The van der Waals surface area contributed by atoms with E-state index in [-0.39, 0.29) is 40.1 Å². The average Bonchev–Trinajstić information content (AvgIpc) is 2.83. The second-order valence-electron chi connectivity index (χ2n) is 6.87. The summed E-state index contributed by atoms with van der Waals surface area (Å²) in [5.74, 6) is 0. The molecule has 0 aromatic heterocycles. The summed E-state index contributed by atoms with van der Waals surface area (Å²) < 4.78 is 33.3. The van der Waals surface area contributed by atoms with Gasteiger partial charge in [-0.25, -0.2) is 8.42 Å². The molecule has 0 heterocycles. The minimum atomic E-state index is -4.54. The zero-order chi connectivity index (χ0) is 23.7. The van der Waals surface area contributed by atoms with E-state index in [2.05, 4.69) is 31.4 Å². The van der Waals surface area contributed by atoms with E-state index < -0.39 is 10.1 Å². The Bertz CT molecular complexity index is 1290. The summed E-state index contributed by atoms with van der Waals surface area (Å²) >= 11 is 0. The molecule has 3 aromatic rings. The molecule has 0 spiro atoms. The quantitative estimate of drug-likeness (QED) is 0.261. The molecular weight excluding hydrogens is 463 g/mol. The molecule has 9 nitrogen and oxygen atoms in total. The second kappa shape index (κ2) is 13.1. The van der Waals surface area contributed by atoms with E-state index >= 15 is 0 Å². The molecule has 168 valence electrons. The predicted molar refractivity (Wildman–Crippen MR) is 124 cm³/mol. The van der Waals surface area contributed by atoms with Gasteiger partial charge in [0.2, 0.25) is 0 Å². The van der Waals surface area contributed by atoms with Gasteiger partial charge in [-0.3, -0.25) is 0 Å². The third kappa shape index (κ3) is 8.13. The summed E-state index contributed by atoms with van der Waals surface area (Å²) in [4.78, 5) is 1.76. The van der Waals surface area contributed by atoms with Gasteiger partial charge in [-0.05, 0) is 73.7 Å². The van der Waals surface area contributed by atoms with Gasteiger partial charge >= 0.3 is 29.6 Å². The maximum Gasteiger partial charge on any atom is 1.00 e. The van der Waals surface area contributed by atoms with Crippen LogP contribution in [0.15, 0.2) is 98.1 Å². The van der Waals surface area contributed by atoms with Gasteiger partial charge in [0, 0.05) is 18.8 Å². The van der Waals surface area contributed by atoms with Crippen molar-refractivity contribution in [2.45, 2.75) is 18.2 Å². The van der Waals surface area contributed by atoms with Crippen LogP contribution in [0.1, 0.15) is 13.3 Å². The molecule has 3 rings (SSSR count). The van der Waals surface area contributed by atoms with E-state index in [1.807, 2.05) is 31.2 Å². The van der Waals surface area contributed by atoms with Crippen molar-refractivity contribution in [1.29, 1.82) is 5.26 Å². The molecular formula is C23H21N6NaO3S. The first-order chi connectivity index (χ1) is 15.9. The Hall–Kier alpha value is -2.94. The largest absolute Gasteiger partial charge is 1.00 e. The third-order valence-electron chi connectivity index (χ3n) is 4.61. The minimum absolute atomic E-state index is 0. The molecule has 0 N–H and O–H groups in total. The normalized spacial score (nSPS) is 11.3. The third-order valence-corrected chi connectivity index (χ3v) is 5.44. The summed E-state index contributed by atoms with van der Waals surface area (Å²) in [6, 6.07) is 22.0. The van der Waals surface area contributed by atoms with Gasteiger partial charge in [0.1, 0.15) is 10.1 Å². The molecule has 0 aliphatic carbocycles. The Morgan fingerprint density at radius 1 is 0.853 bits per heavy atom. The van der Waals surface area contributed by atoms with E-state index in [9.17, 15) is 13.0 Å². The summed E-state index contributed by atoms with van der Waals surface area (Å²) in [6.45, 7) is 3.54. The number of anilines is 1. The van der Waals surface area contributed by atoms with Crippen LogP contribution in [-0.2, 0) is 10.1 Å². The molecule has 0 atom stereocenters. The molecule has 0 bridgehead atoms. The Kier molecular flexibility index (Phi) is 10.5. The summed E-state index contributed by atoms with van der Waals surface area (Å²) in [7, 11) is -4.54. The smallest absolute Gasteiger partial charge is 0.744 e. The number of nitriles is 1. The number of rotatable bonds is 9. The molecule has 0 radical (unpaired) electrons. The summed E-state index contributed by atoms with van der Waals surface area (Å²) in [6.07, 6.45) is 0.472. The standard InChI is InChI=1S/C23H22N6O3S.Na/c1-2-29(16-4-15-24)22-13-11-20(12-14-22)26-25-18-7-9-19(10-8-18)27-28-21-5-3-6-23(17-21)33(30,31)32;/h3,5-14,17H,2,4,16H2,1H3,(H,30,31,32);/q;+1/p-1. The van der Waals surface area contributed by atoms with Crippen LogP contribution in [0.4, 0.5) is 28.4 Å². The molecule has 34 heavy (non-hydrogen) atoms. The number of nitrogens with zero attached hydrogens (tertiary/aromatic N) is 6. The van der Waals surface area contributed by atoms with E-state index in [0.717, 1.165) is 12.2 Å². The van der Waals surface area contributed by atoms with E-state index in [1.165, 1.54) is 18.2 Å². The molecule has 0 saturated heterocycles. The molecule has 0 saturated carbocycles. The van der Waals surface area contributed by atoms with Crippen molar-refractivity contribution in [1.82, 2.24) is 0 Å². The fourth-order valence-corrected chi connectivity index (χ4v) is 3.41. The number of benzene rings is 3. The minimum Gasteiger partial charge on any atom is -0.744 e. The van der Waals surface area contributed by atoms with Crippen LogP contribution in [-0.4, -0.2) is 26.1 Å². The summed E-state index contributed by atoms with van der Waals surface area (Å²) in [5, 5.41) is 25.2. The van der Waals surface area contributed by atoms with Crippen LogP contribution in [0.25, 0.3) is 0 Å². The monoisotopic (exact) mass is 484 g/mol. The predicted octanol–water partition coefficient (Wildman–Crippen LogP) is 3.17. The Morgan fingerprint density at radius 3 is 1.82 bits per heavy atom. The van der Waals surface area contributed by atoms with Crippen LogP contribution in [0.2, 0.25) is 0 Å². The molecule has 3 aromatic carbocycles. The number of hydrogen-bond donors (Lipinski definition) is 0. The van der Waals surface area contributed by atoms with E-state index in [4.69, 9.17) is 5.26 Å². The van der Waals surface area contributed by atoms with Crippen LogP contribution < -0.4 is 34.5 Å². The van der Waals surface area contributed by atoms with Gasteiger partial charge in [-0.1, -0.05) is 6.07 Å². The Balaban J connectivity index is 0.00000408. The number of azo groups is 2. The summed E-state index contributed by atoms with van der Waals surface area (Å²) in [5.41, 5.74) is 3.15. The molecule has 0 amide bonds. The Morgan fingerprint density at radius 2 is 1.35 bits per heavy atom. The van der Waals surface area contributed by atoms with Crippen molar-refractivity contribution in [3.63, 3.8) is 0 Å². The van der Waals surface area contributed by atoms with Gasteiger partial charge in [0.25, 0.3) is 0 Å². The molecule has 0 aliphatic rings. The van der Waals surface area contributed by atoms with Gasteiger partial charge in [0.05, 0.1) is 40.1 Å². The van der Waals surface area contributed by atoms with Crippen molar-refractivity contribution in [2.75, 3.05) is 18.0 Å². The van der Waals surface area contributed by atoms with Crippen LogP contribution in [0.5, 0.6) is 0 Å². The van der Waals surface area contributed by atoms with Crippen LogP contribution in [0, 0.1) is 11.3 Å². The van der Waals surface area contributed by atoms with Crippen molar-refractivity contribution >= 4 is 38.6 Å². The topological polar surface area (TPSA) is 134 Å². The first-order valence-corrected chi connectivity index (χ1v) is 11.5. The van der Waals surface area contributed by atoms with Crippen LogP contribution in [0.3, 0.4) is 0 Å². The fraction of sp³-hybridized carbons (Fsp3) is 0.174. The first kappa shape index (κ1) is 27.3. The SMILES string of the molecule is CCN(CCC#N)c1ccc(N=Nc2ccc(N=Nc3cccc(S(=O)(=O)[O-])c3)cc2)cc1.[Na+]. The zero-order valence-corrected chi connectivity index (χ0v) is 21.7. The maximum atomic E-state index is 11.1. The molecule has 11 heteroatoms. The van der Waals surface area contributed by atoms with Crippen molar-refractivity contribution < 1.29 is 42.5 Å². The molecule has 0 aliphatic heterocycles. The second-order valence-corrected chi connectivity index (χ2v) is 8.25. The van der Waals surface area contributed by atoms with Gasteiger partial charge in [-0.15, -0.1) is 0 Å². The molecule has 0 unspecified atom stereocenters. The zero-order valence-electron chi connectivity index (χ0n) is 18.9. The average molecular weight is 485 g/mol. The fourth-order valence-electron chi connectivity index (χ4n) is 2.90. The van der Waals surface area contributed by atoms with Crippen LogP contribution >= 0.6 is 0 Å². The van der Waals surface area contributed by atoms with E-state index in [0.29, 0.717) is 30.0 Å². The first-order valence-electron chi connectivity index (χ1n) is 10.1. The van der Waals surface area contributed by atoms with Crippen molar-refractivity contribution in [3.8, 4) is 6.07 Å². The Labute approximate surface area is 220 Å². The maximum absolute atomic E-state index is 11.1. The van der Waals surface area contributed by atoms with Gasteiger partial charge < -0.3 is 9.45 Å². The van der Waals surface area contributed by atoms with Crippen molar-refractivity contribution in [2.24, 2.45) is 20.5 Å². The van der Waals surface area contributed by atoms with E-state index in [1.54, 1.807) is 30.3 Å². The van der Waals surface area contributed by atoms with Gasteiger partial charge in [-0.2, -0.15) is 25.7 Å².